The zero-order valence-electron chi connectivity index (χ0n) is 17.5. The Bertz CT molecular complexity index is 747. The molecule has 0 aromatic heterocycles. The summed E-state index contributed by atoms with van der Waals surface area (Å²) < 4.78 is 22.7. The molecule has 0 radical (unpaired) electrons. The smallest absolute Gasteiger partial charge is 0.338 e. The Morgan fingerprint density at radius 1 is 0.742 bits per heavy atom. The van der Waals surface area contributed by atoms with Crippen LogP contribution in [0.2, 0.25) is 0 Å². The Morgan fingerprint density at radius 2 is 1.26 bits per heavy atom. The molecule has 170 valence electrons. The summed E-state index contributed by atoms with van der Waals surface area (Å²) >= 11 is 0. The molecule has 3 N–H and O–H groups in total. The van der Waals surface area contributed by atoms with Gasteiger partial charge < -0.3 is 34.3 Å². The Morgan fingerprint density at radius 3 is 1.77 bits per heavy atom. The van der Waals surface area contributed by atoms with Crippen molar-refractivity contribution in [2.75, 3.05) is 39.6 Å². The van der Waals surface area contributed by atoms with Gasteiger partial charge in [-0.2, -0.15) is 0 Å². The fourth-order valence-electron chi connectivity index (χ4n) is 2.61. The predicted molar refractivity (Wildman–Crippen MR) is 114 cm³/mol. The maximum absolute atomic E-state index is 12.3. The van der Waals surface area contributed by atoms with Crippen LogP contribution in [-0.2, 0) is 11.3 Å². The molecule has 0 unspecified atom stereocenters. The van der Waals surface area contributed by atoms with Crippen LogP contribution in [-0.4, -0.2) is 60.9 Å². The molecule has 0 saturated carbocycles. The second-order valence-electron chi connectivity index (χ2n) is 6.64. The van der Waals surface area contributed by atoms with E-state index in [1.807, 2.05) is 6.07 Å². The molecule has 0 amide bonds. The lowest BCUT2D eigenvalue weighted by Crippen LogP contribution is -2.09. The number of hydrogen-bond donors (Lipinski definition) is 3. The standard InChI is InChI=1S/C23H30O8/c24-9-4-12-28-20-15-18(17-31-23(27)19-7-2-1-3-8-19)16-21(29-13-5-10-25)22(20)30-14-6-11-26/h1-3,7-8,15-16,24-26H,4-6,9-14,17H2. The number of esters is 1. The van der Waals surface area contributed by atoms with E-state index in [4.69, 9.17) is 34.3 Å². The van der Waals surface area contributed by atoms with E-state index in [-0.39, 0.29) is 46.2 Å². The Kier molecular flexibility index (Phi) is 11.2. The molecule has 0 aliphatic rings. The Balaban J connectivity index is 2.22. The van der Waals surface area contributed by atoms with Crippen molar-refractivity contribution in [1.29, 1.82) is 0 Å². The van der Waals surface area contributed by atoms with Crippen LogP contribution in [0.15, 0.2) is 42.5 Å². The summed E-state index contributed by atoms with van der Waals surface area (Å²) in [6, 6.07) is 12.1. The zero-order valence-corrected chi connectivity index (χ0v) is 17.5. The van der Waals surface area contributed by atoms with Crippen LogP contribution in [0.25, 0.3) is 0 Å². The average Bonchev–Trinajstić information content (AvgIpc) is 2.80. The zero-order chi connectivity index (χ0) is 22.3. The molecule has 0 aliphatic carbocycles. The molecule has 0 bridgehead atoms. The highest BCUT2D eigenvalue weighted by atomic mass is 16.5. The molecule has 8 nitrogen and oxygen atoms in total. The van der Waals surface area contributed by atoms with Gasteiger partial charge in [-0.15, -0.1) is 0 Å². The van der Waals surface area contributed by atoms with Crippen molar-refractivity contribution in [2.24, 2.45) is 0 Å². The number of benzene rings is 2. The minimum atomic E-state index is -0.450. The minimum Gasteiger partial charge on any atom is -0.489 e. The molecular weight excluding hydrogens is 404 g/mol. The lowest BCUT2D eigenvalue weighted by Gasteiger charge is -2.18. The first kappa shape index (κ1) is 24.5. The number of ether oxygens (including phenoxy) is 4. The van der Waals surface area contributed by atoms with Crippen molar-refractivity contribution in [3.05, 3.63) is 53.6 Å². The first-order chi connectivity index (χ1) is 15.2. The summed E-state index contributed by atoms with van der Waals surface area (Å²) in [6.45, 7) is 0.716. The summed E-state index contributed by atoms with van der Waals surface area (Å²) in [6.07, 6.45) is 1.30. The number of aliphatic hydroxyl groups excluding tert-OH is 3. The SMILES string of the molecule is O=C(OCc1cc(OCCCO)c(OCCCO)c(OCCCO)c1)c1ccccc1. The maximum atomic E-state index is 12.3. The van der Waals surface area contributed by atoms with Crippen LogP contribution in [0.4, 0.5) is 0 Å². The number of aliphatic hydroxyl groups is 3. The van der Waals surface area contributed by atoms with E-state index in [1.165, 1.54) is 0 Å². The molecule has 0 spiro atoms. The van der Waals surface area contributed by atoms with Crippen LogP contribution in [0, 0.1) is 0 Å². The third-order valence-electron chi connectivity index (χ3n) is 4.13. The molecule has 2 rings (SSSR count). The maximum Gasteiger partial charge on any atom is 0.338 e. The fraction of sp³-hybridized carbons (Fsp3) is 0.435. The summed E-state index contributed by atoms with van der Waals surface area (Å²) in [7, 11) is 0. The molecule has 0 heterocycles. The van der Waals surface area contributed by atoms with Gasteiger partial charge in [0.2, 0.25) is 5.75 Å². The number of rotatable bonds is 15. The van der Waals surface area contributed by atoms with Crippen LogP contribution in [0.3, 0.4) is 0 Å². The van der Waals surface area contributed by atoms with Gasteiger partial charge in [0.05, 0.1) is 25.4 Å². The van der Waals surface area contributed by atoms with E-state index in [2.05, 4.69) is 0 Å². The first-order valence-corrected chi connectivity index (χ1v) is 10.3. The summed E-state index contributed by atoms with van der Waals surface area (Å²) in [5.74, 6) is 0.689. The Hall–Kier alpha value is -2.81. The normalized spacial score (nSPS) is 10.5. The number of hydrogen-bond acceptors (Lipinski definition) is 8. The monoisotopic (exact) mass is 434 g/mol. The average molecular weight is 434 g/mol. The topological polar surface area (TPSA) is 115 Å². The number of carbonyl (C=O) groups is 1. The van der Waals surface area contributed by atoms with Crippen molar-refractivity contribution >= 4 is 5.97 Å². The Labute approximate surface area is 182 Å². The van der Waals surface area contributed by atoms with Gasteiger partial charge in [-0.05, 0) is 29.8 Å². The predicted octanol–water partition coefficient (Wildman–Crippen LogP) is 2.33. The fourth-order valence-corrected chi connectivity index (χ4v) is 2.61. The minimum absolute atomic E-state index is 0.00261. The van der Waals surface area contributed by atoms with E-state index in [0.29, 0.717) is 47.6 Å². The van der Waals surface area contributed by atoms with E-state index < -0.39 is 5.97 Å². The molecule has 2 aromatic rings. The van der Waals surface area contributed by atoms with Crippen molar-refractivity contribution < 1.29 is 39.1 Å². The molecule has 0 atom stereocenters. The van der Waals surface area contributed by atoms with Gasteiger partial charge in [0.1, 0.15) is 6.61 Å². The summed E-state index contributed by atoms with van der Waals surface area (Å²) in [5, 5.41) is 27.1. The molecule has 0 fully saturated rings. The van der Waals surface area contributed by atoms with Crippen molar-refractivity contribution in [1.82, 2.24) is 0 Å². The van der Waals surface area contributed by atoms with Gasteiger partial charge in [-0.25, -0.2) is 4.79 Å². The van der Waals surface area contributed by atoms with Gasteiger partial charge in [0, 0.05) is 39.1 Å². The number of carbonyl (C=O) groups excluding carboxylic acids is 1. The van der Waals surface area contributed by atoms with Gasteiger partial charge >= 0.3 is 5.97 Å². The van der Waals surface area contributed by atoms with E-state index in [0.717, 1.165) is 0 Å². The van der Waals surface area contributed by atoms with E-state index in [9.17, 15) is 4.79 Å². The van der Waals surface area contributed by atoms with Gasteiger partial charge in [0.15, 0.2) is 11.5 Å². The van der Waals surface area contributed by atoms with Gasteiger partial charge in [-0.3, -0.25) is 0 Å². The molecule has 31 heavy (non-hydrogen) atoms. The van der Waals surface area contributed by atoms with Gasteiger partial charge in [0.25, 0.3) is 0 Å². The highest BCUT2D eigenvalue weighted by molar-refractivity contribution is 5.89. The van der Waals surface area contributed by atoms with Crippen molar-refractivity contribution in [2.45, 2.75) is 25.9 Å². The van der Waals surface area contributed by atoms with Crippen LogP contribution >= 0.6 is 0 Å². The first-order valence-electron chi connectivity index (χ1n) is 10.3. The molecule has 0 aliphatic heterocycles. The molecule has 0 saturated heterocycles. The third kappa shape index (κ3) is 8.45. The van der Waals surface area contributed by atoms with Gasteiger partial charge in [-0.1, -0.05) is 18.2 Å². The van der Waals surface area contributed by atoms with E-state index >= 15 is 0 Å². The van der Waals surface area contributed by atoms with Crippen LogP contribution in [0.1, 0.15) is 35.2 Å². The van der Waals surface area contributed by atoms with Crippen molar-refractivity contribution in [3.8, 4) is 17.2 Å². The third-order valence-corrected chi connectivity index (χ3v) is 4.13. The quantitative estimate of drug-likeness (QED) is 0.289. The second kappa shape index (κ2) is 14.2. The van der Waals surface area contributed by atoms with Crippen LogP contribution < -0.4 is 14.2 Å². The molecule has 8 heteroatoms. The van der Waals surface area contributed by atoms with E-state index in [1.54, 1.807) is 36.4 Å². The largest absolute Gasteiger partial charge is 0.489 e. The highest BCUT2D eigenvalue weighted by Gasteiger charge is 2.17. The molecular formula is C23H30O8. The molecule has 2 aromatic carbocycles. The summed E-state index contributed by atoms with van der Waals surface area (Å²) in [5.41, 5.74) is 1.09. The second-order valence-corrected chi connectivity index (χ2v) is 6.64. The van der Waals surface area contributed by atoms with Crippen molar-refractivity contribution in [3.63, 3.8) is 0 Å². The lowest BCUT2D eigenvalue weighted by atomic mass is 10.2. The highest BCUT2D eigenvalue weighted by Crippen LogP contribution is 2.39. The lowest BCUT2D eigenvalue weighted by molar-refractivity contribution is 0.0471. The van der Waals surface area contributed by atoms with Crippen LogP contribution in [0.5, 0.6) is 17.2 Å². The summed E-state index contributed by atoms with van der Waals surface area (Å²) in [4.78, 5) is 12.3.